The number of amides is 4. The Bertz CT molecular complexity index is 915. The molecule has 5 rings (SSSR count). The molecular weight excluding hydrogens is 414 g/mol. The van der Waals surface area contributed by atoms with Crippen molar-refractivity contribution < 1.29 is 14.4 Å². The quantitative estimate of drug-likeness (QED) is 0.673. The van der Waals surface area contributed by atoms with Crippen molar-refractivity contribution in [2.75, 3.05) is 6.54 Å². The molecule has 178 valence electrons. The molecule has 3 fully saturated rings. The summed E-state index contributed by atoms with van der Waals surface area (Å²) < 4.78 is 0. The standard InChI is InChI=1S/C27H37N3O3/c1-27(21-16-15-19-9-8-10-20(19)17-21)25(32)29(26(33)28-27)18-24(31)30(22-11-4-2-5-12-22)23-13-6-3-7-14-23/h15-17,22-23H,2-14,18H2,1H3,(H,28,33). The van der Waals surface area contributed by atoms with E-state index in [9.17, 15) is 14.4 Å². The number of hydrogen-bond acceptors (Lipinski definition) is 3. The van der Waals surface area contributed by atoms with Gasteiger partial charge in [-0.15, -0.1) is 0 Å². The van der Waals surface area contributed by atoms with Crippen LogP contribution in [0.3, 0.4) is 0 Å². The molecule has 6 heteroatoms. The topological polar surface area (TPSA) is 69.7 Å². The van der Waals surface area contributed by atoms with Gasteiger partial charge < -0.3 is 10.2 Å². The van der Waals surface area contributed by atoms with Gasteiger partial charge in [-0.3, -0.25) is 14.5 Å². The maximum absolute atomic E-state index is 13.6. The summed E-state index contributed by atoms with van der Waals surface area (Å²) in [6, 6.07) is 6.16. The first-order valence-electron chi connectivity index (χ1n) is 13.0. The van der Waals surface area contributed by atoms with E-state index in [2.05, 4.69) is 22.3 Å². The highest BCUT2D eigenvalue weighted by Gasteiger charge is 2.50. The van der Waals surface area contributed by atoms with Gasteiger partial charge in [0.25, 0.3) is 5.91 Å². The van der Waals surface area contributed by atoms with Crippen LogP contribution in [0.2, 0.25) is 0 Å². The second-order valence-corrected chi connectivity index (χ2v) is 10.7. The Kier molecular flexibility index (Phi) is 6.19. The number of hydrogen-bond donors (Lipinski definition) is 1. The summed E-state index contributed by atoms with van der Waals surface area (Å²) in [5, 5.41) is 2.91. The van der Waals surface area contributed by atoms with Crippen molar-refractivity contribution in [2.45, 2.75) is 108 Å². The normalized spacial score (nSPS) is 26.4. The highest BCUT2D eigenvalue weighted by Crippen LogP contribution is 2.34. The number of benzene rings is 1. The van der Waals surface area contributed by atoms with E-state index in [4.69, 9.17) is 0 Å². The molecule has 0 aromatic heterocycles. The van der Waals surface area contributed by atoms with Gasteiger partial charge in [-0.25, -0.2) is 4.79 Å². The minimum atomic E-state index is -1.12. The average Bonchev–Trinajstić information content (AvgIpc) is 3.39. The number of carbonyl (C=O) groups is 3. The molecule has 0 bridgehead atoms. The Labute approximate surface area is 197 Å². The fourth-order valence-electron chi connectivity index (χ4n) is 6.56. The van der Waals surface area contributed by atoms with Crippen LogP contribution in [-0.2, 0) is 28.0 Å². The second-order valence-electron chi connectivity index (χ2n) is 10.7. The summed E-state index contributed by atoms with van der Waals surface area (Å²) >= 11 is 0. The third kappa shape index (κ3) is 4.17. The molecule has 1 saturated heterocycles. The van der Waals surface area contributed by atoms with Crippen molar-refractivity contribution in [3.8, 4) is 0 Å². The van der Waals surface area contributed by atoms with Gasteiger partial charge in [0, 0.05) is 12.1 Å². The van der Waals surface area contributed by atoms with Crippen LogP contribution in [0.25, 0.3) is 0 Å². The molecule has 1 heterocycles. The fraction of sp³-hybridized carbons (Fsp3) is 0.667. The zero-order valence-corrected chi connectivity index (χ0v) is 19.9. The van der Waals surface area contributed by atoms with E-state index in [1.54, 1.807) is 6.92 Å². The van der Waals surface area contributed by atoms with Crippen LogP contribution in [0, 0.1) is 0 Å². The average molecular weight is 452 g/mol. The summed E-state index contributed by atoms with van der Waals surface area (Å²) in [6.07, 6.45) is 14.4. The lowest BCUT2D eigenvalue weighted by molar-refractivity contribution is -0.143. The van der Waals surface area contributed by atoms with Gasteiger partial charge >= 0.3 is 6.03 Å². The van der Waals surface area contributed by atoms with Gasteiger partial charge in [0.15, 0.2) is 0 Å². The van der Waals surface area contributed by atoms with Gasteiger partial charge in [-0.2, -0.15) is 0 Å². The minimum absolute atomic E-state index is 0.0597. The Morgan fingerprint density at radius 3 is 2.18 bits per heavy atom. The molecular formula is C27H37N3O3. The summed E-state index contributed by atoms with van der Waals surface area (Å²) in [4.78, 5) is 43.4. The van der Waals surface area contributed by atoms with Crippen molar-refractivity contribution in [1.82, 2.24) is 15.1 Å². The van der Waals surface area contributed by atoms with Crippen molar-refractivity contribution in [3.63, 3.8) is 0 Å². The molecule has 1 atom stereocenters. The number of nitrogens with one attached hydrogen (secondary N) is 1. The van der Waals surface area contributed by atoms with Crippen LogP contribution < -0.4 is 5.32 Å². The lowest BCUT2D eigenvalue weighted by Gasteiger charge is -2.42. The van der Waals surface area contributed by atoms with E-state index in [1.165, 1.54) is 24.0 Å². The van der Waals surface area contributed by atoms with Crippen LogP contribution in [0.15, 0.2) is 18.2 Å². The maximum Gasteiger partial charge on any atom is 0.325 e. The number of imide groups is 1. The molecule has 2 saturated carbocycles. The first-order chi connectivity index (χ1) is 16.0. The van der Waals surface area contributed by atoms with Gasteiger partial charge in [0.05, 0.1) is 0 Å². The Hall–Kier alpha value is -2.37. The summed E-state index contributed by atoms with van der Waals surface area (Å²) in [7, 11) is 0. The van der Waals surface area contributed by atoms with Crippen molar-refractivity contribution in [3.05, 3.63) is 34.9 Å². The highest BCUT2D eigenvalue weighted by atomic mass is 16.2. The Morgan fingerprint density at radius 1 is 0.939 bits per heavy atom. The molecule has 6 nitrogen and oxygen atoms in total. The van der Waals surface area contributed by atoms with Crippen molar-refractivity contribution >= 4 is 17.8 Å². The Balaban J connectivity index is 1.35. The molecule has 4 aliphatic rings. The van der Waals surface area contributed by atoms with Crippen molar-refractivity contribution in [1.29, 1.82) is 0 Å². The zero-order valence-electron chi connectivity index (χ0n) is 19.9. The molecule has 3 aliphatic carbocycles. The van der Waals surface area contributed by atoms with E-state index >= 15 is 0 Å². The predicted octanol–water partition coefficient (Wildman–Crippen LogP) is 4.44. The molecule has 4 amide bonds. The number of fused-ring (bicyclic) bond motifs is 1. The number of nitrogens with zero attached hydrogens (tertiary/aromatic N) is 2. The van der Waals surface area contributed by atoms with E-state index < -0.39 is 11.6 Å². The molecule has 0 radical (unpaired) electrons. The van der Waals surface area contributed by atoms with Crippen LogP contribution in [-0.4, -0.2) is 46.3 Å². The predicted molar refractivity (Wildman–Crippen MR) is 127 cm³/mol. The summed E-state index contributed by atoms with van der Waals surface area (Å²) in [6.45, 7) is 1.62. The van der Waals surface area contributed by atoms with E-state index in [1.807, 2.05) is 6.07 Å². The zero-order chi connectivity index (χ0) is 23.0. The summed E-state index contributed by atoms with van der Waals surface area (Å²) in [5.41, 5.74) is 2.30. The first-order valence-corrected chi connectivity index (χ1v) is 13.0. The van der Waals surface area contributed by atoms with Gasteiger partial charge in [0.2, 0.25) is 5.91 Å². The van der Waals surface area contributed by atoms with Gasteiger partial charge in [-0.05, 0) is 68.6 Å². The third-order valence-corrected chi connectivity index (χ3v) is 8.47. The maximum atomic E-state index is 13.6. The number of urea groups is 1. The summed E-state index contributed by atoms with van der Waals surface area (Å²) in [5.74, 6) is -0.374. The molecule has 1 N–H and O–H groups in total. The van der Waals surface area contributed by atoms with Gasteiger partial charge in [-0.1, -0.05) is 56.7 Å². The molecule has 1 unspecified atom stereocenters. The first kappa shape index (κ1) is 22.4. The molecule has 0 spiro atoms. The molecule has 33 heavy (non-hydrogen) atoms. The van der Waals surface area contributed by atoms with E-state index in [0.717, 1.165) is 81.1 Å². The van der Waals surface area contributed by atoms with Crippen LogP contribution in [0.5, 0.6) is 0 Å². The number of aryl methyl sites for hydroxylation is 2. The molecule has 1 aromatic rings. The van der Waals surface area contributed by atoms with Gasteiger partial charge in [0.1, 0.15) is 12.1 Å². The lowest BCUT2D eigenvalue weighted by atomic mass is 9.88. The number of carbonyl (C=O) groups excluding carboxylic acids is 3. The number of rotatable bonds is 5. The lowest BCUT2D eigenvalue weighted by Crippen LogP contribution is -2.53. The smallest absolute Gasteiger partial charge is 0.325 e. The minimum Gasteiger partial charge on any atom is -0.335 e. The van der Waals surface area contributed by atoms with Crippen LogP contribution >= 0.6 is 0 Å². The van der Waals surface area contributed by atoms with E-state index in [-0.39, 0.29) is 30.4 Å². The van der Waals surface area contributed by atoms with Crippen molar-refractivity contribution in [2.24, 2.45) is 0 Å². The largest absolute Gasteiger partial charge is 0.335 e. The SMILES string of the molecule is CC1(c2ccc3c(c2)CCC3)NC(=O)N(CC(=O)N(C2CCCCC2)C2CCCCC2)C1=O. The van der Waals surface area contributed by atoms with Crippen LogP contribution in [0.4, 0.5) is 4.79 Å². The third-order valence-electron chi connectivity index (χ3n) is 8.47. The molecule has 1 aromatic carbocycles. The fourth-order valence-corrected chi connectivity index (χ4v) is 6.56. The monoisotopic (exact) mass is 451 g/mol. The van der Waals surface area contributed by atoms with E-state index in [0.29, 0.717) is 0 Å². The van der Waals surface area contributed by atoms with Crippen LogP contribution in [0.1, 0.15) is 94.2 Å². The molecule has 1 aliphatic heterocycles. The highest BCUT2D eigenvalue weighted by molar-refractivity contribution is 6.09. The second kappa shape index (κ2) is 9.11. The Morgan fingerprint density at radius 2 is 1.55 bits per heavy atom.